The first-order chi connectivity index (χ1) is 37.0. The highest BCUT2D eigenvalue weighted by molar-refractivity contribution is 6.09. The Bertz CT molecular complexity index is 2900. The number of hydrogen-bond donors (Lipinski definition) is 1. The average molecular weight is 1030 g/mol. The Labute approximate surface area is 444 Å². The maximum Gasteiger partial charge on any atom is 0.338 e. The zero-order chi connectivity index (χ0) is 53.9. The van der Waals surface area contributed by atoms with Gasteiger partial charge >= 0.3 is 29.8 Å². The minimum Gasteiger partial charge on any atom is -0.494 e. The van der Waals surface area contributed by atoms with Gasteiger partial charge in [0.05, 0.1) is 56.3 Å². The van der Waals surface area contributed by atoms with Gasteiger partial charge in [-0.1, -0.05) is 31.9 Å². The quantitative estimate of drug-likeness (QED) is 0.0135. The number of rotatable bonds is 33. The molecule has 0 unspecified atom stereocenters. The Morgan fingerprint density at radius 2 is 0.895 bits per heavy atom. The van der Waals surface area contributed by atoms with Crippen LogP contribution >= 0.6 is 0 Å². The summed E-state index contributed by atoms with van der Waals surface area (Å²) in [6.45, 7) is 12.4. The molecule has 6 aromatic rings. The molecule has 1 aromatic heterocycles. The van der Waals surface area contributed by atoms with Gasteiger partial charge in [-0.25, -0.2) is 29.0 Å². The first kappa shape index (κ1) is 56.8. The number of pyridine rings is 1. The summed E-state index contributed by atoms with van der Waals surface area (Å²) in [5.41, 5.74) is 4.84. The van der Waals surface area contributed by atoms with Crippen LogP contribution in [0.5, 0.6) is 17.4 Å². The number of ether oxygens (including phenoxy) is 7. The van der Waals surface area contributed by atoms with E-state index >= 15 is 0 Å². The van der Waals surface area contributed by atoms with Crippen LogP contribution < -0.4 is 19.7 Å². The molecule has 0 saturated carbocycles. The number of carbonyl (C=O) groups excluding carboxylic acids is 5. The number of esters is 5. The Morgan fingerprint density at radius 3 is 1.41 bits per heavy atom. The highest BCUT2D eigenvalue weighted by Gasteiger charge is 2.16. The number of aromatic nitrogens is 1. The molecule has 6 rings (SSSR count). The number of carbonyl (C=O) groups is 5. The minimum atomic E-state index is -0.430. The molecule has 0 amide bonds. The van der Waals surface area contributed by atoms with Gasteiger partial charge in [-0.15, -0.1) is 0 Å². The Morgan fingerprint density at radius 1 is 0.461 bits per heavy atom. The van der Waals surface area contributed by atoms with E-state index in [-0.39, 0.29) is 0 Å². The van der Waals surface area contributed by atoms with Crippen LogP contribution in [0.25, 0.3) is 21.7 Å². The van der Waals surface area contributed by atoms with Gasteiger partial charge in [0.15, 0.2) is 0 Å². The zero-order valence-electron chi connectivity index (χ0n) is 43.3. The molecule has 76 heavy (non-hydrogen) atoms. The smallest absolute Gasteiger partial charge is 0.338 e. The monoisotopic (exact) mass is 1030 g/mol. The lowest BCUT2D eigenvalue weighted by molar-refractivity contribution is -0.138. The number of nitrogens with zero attached hydrogens (tertiary/aromatic N) is 2. The Hall–Kier alpha value is -8.46. The van der Waals surface area contributed by atoms with Crippen molar-refractivity contribution in [1.82, 2.24) is 4.98 Å². The molecular formula is C61H67N3O12. The molecule has 0 spiro atoms. The predicted molar refractivity (Wildman–Crippen MR) is 295 cm³/mol. The standard InChI is InChI=1S/C61H67N3O12/c1-5-56(65)71-37-15-9-8-14-36-70-50-30-32-51(33-31-50)76-59-54-43-49(64(4)48-27-22-45(23-28-48)61(69)75-41-19-13-11-17-39-73-58(67)7-3)29-35-52(54)53-34-26-47(42-55(53)63-59)62-46-24-20-44(21-25-46)60(68)74-40-18-12-10-16-38-72-57(66)6-2/h5-7,20-35,42-43,62H,1-3,8-19,36-41H2,4H3. The van der Waals surface area contributed by atoms with Crippen molar-refractivity contribution < 1.29 is 57.1 Å². The zero-order valence-corrected chi connectivity index (χ0v) is 43.3. The minimum absolute atomic E-state index is 0.296. The van der Waals surface area contributed by atoms with Crippen molar-refractivity contribution in [2.24, 2.45) is 0 Å². The van der Waals surface area contributed by atoms with E-state index in [0.717, 1.165) is 115 Å². The second-order valence-corrected chi connectivity index (χ2v) is 17.7. The molecule has 0 aliphatic rings. The van der Waals surface area contributed by atoms with E-state index in [0.29, 0.717) is 86.5 Å². The fourth-order valence-electron chi connectivity index (χ4n) is 7.93. The third-order valence-electron chi connectivity index (χ3n) is 12.2. The topological polar surface area (TPSA) is 178 Å². The predicted octanol–water partition coefficient (Wildman–Crippen LogP) is 13.3. The third-order valence-corrected chi connectivity index (χ3v) is 12.2. The molecule has 1 heterocycles. The van der Waals surface area contributed by atoms with Crippen LogP contribution in [0.15, 0.2) is 147 Å². The van der Waals surface area contributed by atoms with Crippen molar-refractivity contribution in [3.63, 3.8) is 0 Å². The average Bonchev–Trinajstić information content (AvgIpc) is 3.49. The molecule has 5 aromatic carbocycles. The van der Waals surface area contributed by atoms with Crippen LogP contribution in [-0.2, 0) is 38.1 Å². The van der Waals surface area contributed by atoms with E-state index in [1.165, 1.54) is 6.08 Å². The summed E-state index contributed by atoms with van der Waals surface area (Å²) in [5, 5.41) is 6.05. The van der Waals surface area contributed by atoms with E-state index < -0.39 is 29.8 Å². The van der Waals surface area contributed by atoms with E-state index in [1.54, 1.807) is 24.3 Å². The number of fused-ring (bicyclic) bond motifs is 3. The van der Waals surface area contributed by atoms with E-state index in [9.17, 15) is 24.0 Å². The number of nitrogens with one attached hydrogen (secondary N) is 1. The number of benzene rings is 5. The first-order valence-electron chi connectivity index (χ1n) is 25.8. The van der Waals surface area contributed by atoms with Crippen LogP contribution in [0.4, 0.5) is 22.7 Å². The fourth-order valence-corrected chi connectivity index (χ4v) is 7.93. The maximum absolute atomic E-state index is 12.9. The molecule has 0 bridgehead atoms. The van der Waals surface area contributed by atoms with Crippen molar-refractivity contribution in [2.45, 2.75) is 77.0 Å². The van der Waals surface area contributed by atoms with Crippen molar-refractivity contribution in [2.75, 3.05) is 56.9 Å². The lowest BCUT2D eigenvalue weighted by Gasteiger charge is -2.21. The Balaban J connectivity index is 1.12. The van der Waals surface area contributed by atoms with Gasteiger partial charge in [-0.05, 0) is 179 Å². The van der Waals surface area contributed by atoms with Crippen molar-refractivity contribution in [1.29, 1.82) is 0 Å². The molecule has 15 nitrogen and oxygen atoms in total. The van der Waals surface area contributed by atoms with Gasteiger partial charge in [0.25, 0.3) is 0 Å². The van der Waals surface area contributed by atoms with Crippen LogP contribution in [0.1, 0.15) is 97.8 Å². The van der Waals surface area contributed by atoms with Crippen molar-refractivity contribution in [3.05, 3.63) is 158 Å². The molecule has 0 atom stereocenters. The summed E-state index contributed by atoms with van der Waals surface area (Å²) in [6.07, 6.45) is 13.2. The van der Waals surface area contributed by atoms with Gasteiger partial charge in [0.2, 0.25) is 5.88 Å². The van der Waals surface area contributed by atoms with Crippen LogP contribution in [-0.4, -0.2) is 81.5 Å². The van der Waals surface area contributed by atoms with Gasteiger partial charge in [0, 0.05) is 58.8 Å². The summed E-state index contributed by atoms with van der Waals surface area (Å²) in [7, 11) is 1.95. The number of anilines is 4. The van der Waals surface area contributed by atoms with Crippen molar-refractivity contribution >= 4 is 74.3 Å². The van der Waals surface area contributed by atoms with Crippen LogP contribution in [0.2, 0.25) is 0 Å². The summed E-state index contributed by atoms with van der Waals surface area (Å²) in [4.78, 5) is 66.4. The van der Waals surface area contributed by atoms with Crippen LogP contribution in [0, 0.1) is 0 Å². The summed E-state index contributed by atoms with van der Waals surface area (Å²) in [5.74, 6) is -0.389. The maximum atomic E-state index is 12.9. The van der Waals surface area contributed by atoms with Gasteiger partial charge < -0.3 is 43.4 Å². The molecule has 0 aliphatic heterocycles. The summed E-state index contributed by atoms with van der Waals surface area (Å²) >= 11 is 0. The van der Waals surface area contributed by atoms with Gasteiger partial charge in [-0.3, -0.25) is 0 Å². The summed E-state index contributed by atoms with van der Waals surface area (Å²) < 4.78 is 38.7. The van der Waals surface area contributed by atoms with Gasteiger partial charge in [-0.2, -0.15) is 0 Å². The largest absolute Gasteiger partial charge is 0.494 e. The molecule has 0 aliphatic carbocycles. The normalized spacial score (nSPS) is 10.8. The molecule has 0 radical (unpaired) electrons. The fraction of sp³-hybridized carbons (Fsp3) is 0.311. The number of unbranched alkanes of at least 4 members (excludes halogenated alkanes) is 9. The van der Waals surface area contributed by atoms with Crippen LogP contribution in [0.3, 0.4) is 0 Å². The molecule has 0 fully saturated rings. The first-order valence-corrected chi connectivity index (χ1v) is 25.8. The highest BCUT2D eigenvalue weighted by atomic mass is 16.5. The van der Waals surface area contributed by atoms with E-state index in [2.05, 4.69) is 31.1 Å². The SMILES string of the molecule is C=CC(=O)OCCCCCCOC(=O)c1ccc(Nc2ccc3c(c2)nc(Oc2ccc(OCCCCCCOC(=O)C=C)cc2)c2cc(N(C)c4ccc(C(=O)OCCCCCCOC(=O)C=C)cc4)ccc23)cc1. The Kier molecular flexibility index (Phi) is 22.9. The van der Waals surface area contributed by atoms with Gasteiger partial charge in [0.1, 0.15) is 11.5 Å². The molecular weight excluding hydrogens is 967 g/mol. The highest BCUT2D eigenvalue weighted by Crippen LogP contribution is 2.38. The number of hydrogen-bond acceptors (Lipinski definition) is 15. The summed E-state index contributed by atoms with van der Waals surface area (Å²) in [6, 6.07) is 33.9. The lowest BCUT2D eigenvalue weighted by Crippen LogP contribution is -2.11. The van der Waals surface area contributed by atoms with Crippen molar-refractivity contribution in [3.8, 4) is 17.4 Å². The lowest BCUT2D eigenvalue weighted by atomic mass is 10.0. The molecule has 1 N–H and O–H groups in total. The van der Waals surface area contributed by atoms with E-state index in [1.807, 2.05) is 90.8 Å². The molecule has 398 valence electrons. The van der Waals surface area contributed by atoms with E-state index in [4.69, 9.17) is 38.1 Å². The molecule has 0 saturated heterocycles. The second-order valence-electron chi connectivity index (χ2n) is 17.7. The second kappa shape index (κ2) is 30.7. The third kappa shape index (κ3) is 18.2. The molecule has 15 heteroatoms.